The second-order valence-corrected chi connectivity index (χ2v) is 4.56. The van der Waals surface area contributed by atoms with E-state index >= 15 is 0 Å². The van der Waals surface area contributed by atoms with Crippen LogP contribution in [0.3, 0.4) is 0 Å². The van der Waals surface area contributed by atoms with Crippen LogP contribution in [-0.2, 0) is 4.74 Å². The highest BCUT2D eigenvalue weighted by molar-refractivity contribution is 6.30. The number of nitrogens with zero attached hydrogens (tertiary/aromatic N) is 1. The number of halogens is 1. The minimum Gasteiger partial charge on any atom is -0.462 e. The number of hydrogen-bond donors (Lipinski definition) is 1. The summed E-state index contributed by atoms with van der Waals surface area (Å²) in [6, 6.07) is 6.81. The van der Waals surface area contributed by atoms with Crippen LogP contribution in [0.25, 0.3) is 11.3 Å². The molecule has 104 valence electrons. The summed E-state index contributed by atoms with van der Waals surface area (Å²) in [5.41, 5.74) is 1.000. The summed E-state index contributed by atoms with van der Waals surface area (Å²) in [5, 5.41) is 0.497. The molecule has 0 spiro atoms. The van der Waals surface area contributed by atoms with Crippen molar-refractivity contribution in [1.82, 2.24) is 9.97 Å². The predicted octanol–water partition coefficient (Wildman–Crippen LogP) is 2.58. The molecule has 0 radical (unpaired) electrons. The fraction of sp³-hybridized carbons (Fsp3) is 0.214. The van der Waals surface area contributed by atoms with E-state index in [-0.39, 0.29) is 17.9 Å². The zero-order valence-corrected chi connectivity index (χ0v) is 11.8. The number of H-pyrrole nitrogens is 1. The van der Waals surface area contributed by atoms with Crippen molar-refractivity contribution < 1.29 is 9.53 Å². The first-order chi connectivity index (χ1) is 9.52. The van der Waals surface area contributed by atoms with Crippen LogP contribution in [0.2, 0.25) is 5.02 Å². The number of aromatic amines is 1. The third-order valence-electron chi connectivity index (χ3n) is 2.70. The topological polar surface area (TPSA) is 72.0 Å². The molecule has 1 aromatic heterocycles. The lowest BCUT2D eigenvalue weighted by atomic mass is 10.0. The maximum atomic E-state index is 12.0. The molecule has 0 saturated heterocycles. The van der Waals surface area contributed by atoms with Crippen LogP contribution in [-0.4, -0.2) is 22.5 Å². The lowest BCUT2D eigenvalue weighted by molar-refractivity contribution is 0.0525. The van der Waals surface area contributed by atoms with E-state index in [1.54, 1.807) is 38.1 Å². The number of carbonyl (C=O) groups is 1. The highest BCUT2D eigenvalue weighted by Crippen LogP contribution is 2.25. The van der Waals surface area contributed by atoms with E-state index in [4.69, 9.17) is 16.3 Å². The molecule has 1 N–H and O–H groups in total. The smallest absolute Gasteiger partial charge is 0.345 e. The first-order valence-electron chi connectivity index (χ1n) is 6.07. The maximum absolute atomic E-state index is 12.0. The SMILES string of the molecule is CCOC(=O)c1c(-c2cccc(Cl)c2)nc(=O)[nH]c1C. The summed E-state index contributed by atoms with van der Waals surface area (Å²) < 4.78 is 5.01. The van der Waals surface area contributed by atoms with Gasteiger partial charge in [-0.2, -0.15) is 4.98 Å². The van der Waals surface area contributed by atoms with Crippen LogP contribution in [0.1, 0.15) is 23.0 Å². The quantitative estimate of drug-likeness (QED) is 0.883. The second-order valence-electron chi connectivity index (χ2n) is 4.12. The molecule has 0 aliphatic carbocycles. The van der Waals surface area contributed by atoms with E-state index in [2.05, 4.69) is 9.97 Å². The van der Waals surface area contributed by atoms with E-state index in [0.717, 1.165) is 0 Å². The monoisotopic (exact) mass is 292 g/mol. The standard InChI is InChI=1S/C14H13ClN2O3/c1-3-20-13(18)11-8(2)16-14(19)17-12(11)9-5-4-6-10(15)7-9/h4-7H,3H2,1-2H3,(H,16,17,19). The van der Waals surface area contributed by atoms with Gasteiger partial charge in [0.25, 0.3) is 0 Å². The summed E-state index contributed by atoms with van der Waals surface area (Å²) in [6.07, 6.45) is 0. The molecule has 1 aromatic carbocycles. The summed E-state index contributed by atoms with van der Waals surface area (Å²) in [5.74, 6) is -0.524. The van der Waals surface area contributed by atoms with Crippen LogP contribution in [0, 0.1) is 6.92 Å². The Hall–Kier alpha value is -2.14. The van der Waals surface area contributed by atoms with Crippen LogP contribution < -0.4 is 5.69 Å². The molecule has 0 saturated carbocycles. The van der Waals surface area contributed by atoms with E-state index in [0.29, 0.717) is 16.3 Å². The van der Waals surface area contributed by atoms with Crippen molar-refractivity contribution in [2.75, 3.05) is 6.61 Å². The number of rotatable bonds is 3. The number of aromatic nitrogens is 2. The minimum atomic E-state index is -0.524. The van der Waals surface area contributed by atoms with E-state index in [1.807, 2.05) is 0 Å². The summed E-state index contributed by atoms with van der Waals surface area (Å²) in [7, 11) is 0. The molecule has 0 bridgehead atoms. The van der Waals surface area contributed by atoms with Gasteiger partial charge in [-0.1, -0.05) is 23.7 Å². The minimum absolute atomic E-state index is 0.242. The average Bonchev–Trinajstić information content (AvgIpc) is 2.37. The van der Waals surface area contributed by atoms with Gasteiger partial charge in [0.1, 0.15) is 5.56 Å². The molecule has 2 aromatic rings. The zero-order valence-electron chi connectivity index (χ0n) is 11.1. The number of nitrogens with one attached hydrogen (secondary N) is 1. The van der Waals surface area contributed by atoms with Gasteiger partial charge in [0.05, 0.1) is 12.3 Å². The lowest BCUT2D eigenvalue weighted by Crippen LogP contribution is -2.19. The molecule has 5 nitrogen and oxygen atoms in total. The van der Waals surface area contributed by atoms with Gasteiger partial charge >= 0.3 is 11.7 Å². The summed E-state index contributed by atoms with van der Waals surface area (Å²) in [6.45, 7) is 3.58. The molecular formula is C14H13ClN2O3. The highest BCUT2D eigenvalue weighted by Gasteiger charge is 2.19. The Balaban J connectivity index is 2.68. The number of benzene rings is 1. The molecule has 1 heterocycles. The van der Waals surface area contributed by atoms with Gasteiger partial charge in [0, 0.05) is 16.3 Å². The summed E-state index contributed by atoms with van der Waals surface area (Å²) in [4.78, 5) is 30.0. The number of ether oxygens (including phenoxy) is 1. The van der Waals surface area contributed by atoms with Crippen LogP contribution in [0.5, 0.6) is 0 Å². The Morgan fingerprint density at radius 2 is 2.20 bits per heavy atom. The summed E-state index contributed by atoms with van der Waals surface area (Å²) >= 11 is 5.94. The molecule has 0 aliphatic rings. The van der Waals surface area contributed by atoms with Crippen LogP contribution in [0.4, 0.5) is 0 Å². The zero-order chi connectivity index (χ0) is 14.7. The van der Waals surface area contributed by atoms with E-state index < -0.39 is 11.7 Å². The van der Waals surface area contributed by atoms with Gasteiger partial charge in [-0.05, 0) is 26.0 Å². The van der Waals surface area contributed by atoms with Crippen molar-refractivity contribution in [2.45, 2.75) is 13.8 Å². The van der Waals surface area contributed by atoms with E-state index in [1.165, 1.54) is 0 Å². The van der Waals surface area contributed by atoms with Gasteiger partial charge in [-0.15, -0.1) is 0 Å². The predicted molar refractivity (Wildman–Crippen MR) is 76.0 cm³/mol. The van der Waals surface area contributed by atoms with Gasteiger partial charge in [-0.3, -0.25) is 0 Å². The van der Waals surface area contributed by atoms with Crippen LogP contribution >= 0.6 is 11.6 Å². The Kier molecular flexibility index (Phi) is 4.20. The Morgan fingerprint density at radius 3 is 2.85 bits per heavy atom. The molecule has 2 rings (SSSR count). The molecule has 20 heavy (non-hydrogen) atoms. The maximum Gasteiger partial charge on any atom is 0.345 e. The molecule has 6 heteroatoms. The van der Waals surface area contributed by atoms with Crippen LogP contribution in [0.15, 0.2) is 29.1 Å². The van der Waals surface area contributed by atoms with Crippen molar-refractivity contribution in [3.63, 3.8) is 0 Å². The molecule has 0 amide bonds. The van der Waals surface area contributed by atoms with Gasteiger partial charge < -0.3 is 9.72 Å². The molecule has 0 unspecified atom stereocenters. The van der Waals surface area contributed by atoms with Crippen molar-refractivity contribution in [3.05, 3.63) is 51.0 Å². The Morgan fingerprint density at radius 1 is 1.45 bits per heavy atom. The molecule has 0 fully saturated rings. The van der Waals surface area contributed by atoms with Gasteiger partial charge in [-0.25, -0.2) is 9.59 Å². The second kappa shape index (κ2) is 5.88. The van der Waals surface area contributed by atoms with Gasteiger partial charge in [0.2, 0.25) is 0 Å². The number of carbonyl (C=O) groups excluding carboxylic acids is 1. The largest absolute Gasteiger partial charge is 0.462 e. The number of hydrogen-bond acceptors (Lipinski definition) is 4. The normalized spacial score (nSPS) is 10.3. The van der Waals surface area contributed by atoms with Gasteiger partial charge in [0.15, 0.2) is 0 Å². The van der Waals surface area contributed by atoms with Crippen molar-refractivity contribution >= 4 is 17.6 Å². The first-order valence-corrected chi connectivity index (χ1v) is 6.44. The molecular weight excluding hydrogens is 280 g/mol. The first kappa shape index (κ1) is 14.3. The van der Waals surface area contributed by atoms with Crippen molar-refractivity contribution in [3.8, 4) is 11.3 Å². The average molecular weight is 293 g/mol. The fourth-order valence-electron chi connectivity index (χ4n) is 1.88. The molecule has 0 aliphatic heterocycles. The number of esters is 1. The number of aryl methyl sites for hydroxylation is 1. The van der Waals surface area contributed by atoms with Crippen molar-refractivity contribution in [2.24, 2.45) is 0 Å². The van der Waals surface area contributed by atoms with E-state index in [9.17, 15) is 9.59 Å². The third kappa shape index (κ3) is 2.88. The van der Waals surface area contributed by atoms with Crippen molar-refractivity contribution in [1.29, 1.82) is 0 Å². The lowest BCUT2D eigenvalue weighted by Gasteiger charge is -2.10. The molecule has 0 atom stereocenters. The highest BCUT2D eigenvalue weighted by atomic mass is 35.5. The fourth-order valence-corrected chi connectivity index (χ4v) is 2.07. The third-order valence-corrected chi connectivity index (χ3v) is 2.93. The Bertz CT molecular complexity index is 710. The Labute approximate surface area is 120 Å².